The quantitative estimate of drug-likeness (QED) is 0.592. The minimum Gasteiger partial charge on any atom is -0.481 e. The Hall–Kier alpha value is -2.55. The molecule has 2 rings (SSSR count). The molecule has 1 amide bonds. The number of benzene rings is 1. The number of carboxylic acid groups (broad SMARTS) is 1. The van der Waals surface area contributed by atoms with E-state index in [4.69, 9.17) is 5.11 Å². The molecule has 122 valence electrons. The number of carbonyl (C=O) groups excluding carboxylic acids is 1. The van der Waals surface area contributed by atoms with Crippen LogP contribution < -0.4 is 16.6 Å². The van der Waals surface area contributed by atoms with Crippen LogP contribution in [-0.2, 0) is 16.1 Å². The van der Waals surface area contributed by atoms with Gasteiger partial charge in [0.25, 0.3) is 5.56 Å². The Morgan fingerprint density at radius 1 is 1.26 bits per heavy atom. The largest absolute Gasteiger partial charge is 0.481 e. The molecule has 0 aliphatic rings. The fourth-order valence-electron chi connectivity index (χ4n) is 1.96. The molecule has 3 N–H and O–H groups in total. The molecule has 0 aliphatic carbocycles. The van der Waals surface area contributed by atoms with Crippen LogP contribution in [0.4, 0.5) is 0 Å². The second-order valence-corrected chi connectivity index (χ2v) is 5.77. The first kappa shape index (κ1) is 16.8. The third kappa shape index (κ3) is 4.46. The van der Waals surface area contributed by atoms with Crippen LogP contribution in [-0.4, -0.2) is 44.6 Å². The zero-order valence-electron chi connectivity index (χ0n) is 12.1. The van der Waals surface area contributed by atoms with Gasteiger partial charge in [0.05, 0.1) is 16.7 Å². The maximum Gasteiger partial charge on any atom is 0.329 e. The lowest BCUT2D eigenvalue weighted by atomic mass is 10.2. The first-order chi connectivity index (χ1) is 11.0. The van der Waals surface area contributed by atoms with Gasteiger partial charge in [0, 0.05) is 12.3 Å². The molecule has 0 fully saturated rings. The summed E-state index contributed by atoms with van der Waals surface area (Å²) < 4.78 is 0.835. The van der Waals surface area contributed by atoms with Crippen LogP contribution in [0.2, 0.25) is 0 Å². The average molecular weight is 337 g/mol. The number of fused-ring (bicyclic) bond motifs is 1. The third-order valence-electron chi connectivity index (χ3n) is 2.99. The Balaban J connectivity index is 2.01. The van der Waals surface area contributed by atoms with Crippen LogP contribution in [0.15, 0.2) is 33.9 Å². The number of carbonyl (C=O) groups is 2. The van der Waals surface area contributed by atoms with Crippen molar-refractivity contribution in [3.05, 3.63) is 45.1 Å². The summed E-state index contributed by atoms with van der Waals surface area (Å²) >= 11 is 1.17. The van der Waals surface area contributed by atoms with Gasteiger partial charge in [0.1, 0.15) is 6.54 Å². The lowest BCUT2D eigenvalue weighted by Crippen LogP contribution is -2.41. The molecule has 0 saturated heterocycles. The lowest BCUT2D eigenvalue weighted by Gasteiger charge is -2.07. The number of nitrogens with one attached hydrogen (secondary N) is 2. The number of aliphatic carboxylic acids is 1. The number of thioether (sulfide) groups is 1. The van der Waals surface area contributed by atoms with E-state index >= 15 is 0 Å². The van der Waals surface area contributed by atoms with Gasteiger partial charge in [-0.3, -0.25) is 19.0 Å². The Kier molecular flexibility index (Phi) is 5.58. The molecule has 0 spiro atoms. The van der Waals surface area contributed by atoms with E-state index in [2.05, 4.69) is 10.3 Å². The fraction of sp³-hybridized carbons (Fsp3) is 0.286. The monoisotopic (exact) mass is 337 g/mol. The topological polar surface area (TPSA) is 121 Å². The van der Waals surface area contributed by atoms with E-state index in [9.17, 15) is 19.2 Å². The molecule has 1 aromatic carbocycles. The number of H-pyrrole nitrogens is 1. The molecule has 0 bridgehead atoms. The van der Waals surface area contributed by atoms with Gasteiger partial charge in [0.2, 0.25) is 5.91 Å². The second kappa shape index (κ2) is 7.63. The predicted molar refractivity (Wildman–Crippen MR) is 86.8 cm³/mol. The predicted octanol–water partition coefficient (Wildman–Crippen LogP) is -0.376. The molecule has 0 radical (unpaired) electrons. The smallest absolute Gasteiger partial charge is 0.329 e. The van der Waals surface area contributed by atoms with E-state index < -0.39 is 23.1 Å². The number of aromatic nitrogens is 2. The summed E-state index contributed by atoms with van der Waals surface area (Å²) in [6, 6.07) is 6.56. The van der Waals surface area contributed by atoms with Gasteiger partial charge in [-0.15, -0.1) is 11.8 Å². The number of carboxylic acids is 1. The van der Waals surface area contributed by atoms with Crippen molar-refractivity contribution in [2.45, 2.75) is 6.54 Å². The van der Waals surface area contributed by atoms with Crippen LogP contribution in [0.3, 0.4) is 0 Å². The molecule has 23 heavy (non-hydrogen) atoms. The molecule has 0 saturated carbocycles. The number of aromatic amines is 1. The Morgan fingerprint density at radius 2 is 2.00 bits per heavy atom. The van der Waals surface area contributed by atoms with E-state index in [0.29, 0.717) is 16.7 Å². The van der Waals surface area contributed by atoms with E-state index in [0.717, 1.165) is 4.57 Å². The lowest BCUT2D eigenvalue weighted by molar-refractivity contribution is -0.133. The van der Waals surface area contributed by atoms with Crippen molar-refractivity contribution in [3.8, 4) is 0 Å². The standard InChI is InChI=1S/C14H15N3O5S/c18-11(15-5-6-23-8-12(19)20)7-17-13(21)9-3-1-2-4-10(9)16-14(17)22/h1-4H,5-8H2,(H,15,18)(H,16,22)(H,19,20). The summed E-state index contributed by atoms with van der Waals surface area (Å²) in [7, 11) is 0. The molecule has 0 atom stereocenters. The summed E-state index contributed by atoms with van der Waals surface area (Å²) in [5.41, 5.74) is -0.756. The van der Waals surface area contributed by atoms with Crippen LogP contribution >= 0.6 is 11.8 Å². The third-order valence-corrected chi connectivity index (χ3v) is 3.93. The second-order valence-electron chi connectivity index (χ2n) is 4.66. The maximum absolute atomic E-state index is 12.2. The van der Waals surface area contributed by atoms with Crippen LogP contribution in [0.5, 0.6) is 0 Å². The van der Waals surface area contributed by atoms with E-state index in [1.165, 1.54) is 11.8 Å². The van der Waals surface area contributed by atoms with Crippen molar-refractivity contribution in [1.82, 2.24) is 14.9 Å². The van der Waals surface area contributed by atoms with Gasteiger partial charge in [-0.25, -0.2) is 4.79 Å². The number of para-hydroxylation sites is 1. The molecule has 1 aromatic heterocycles. The molecule has 8 nitrogen and oxygen atoms in total. The summed E-state index contributed by atoms with van der Waals surface area (Å²) in [4.78, 5) is 48.8. The minimum absolute atomic E-state index is 0.0420. The Morgan fingerprint density at radius 3 is 2.74 bits per heavy atom. The Labute approximate surface area is 134 Å². The summed E-state index contributed by atoms with van der Waals surface area (Å²) in [6.07, 6.45) is 0. The van der Waals surface area contributed by atoms with Gasteiger partial charge in [-0.05, 0) is 12.1 Å². The molecular weight excluding hydrogens is 322 g/mol. The zero-order valence-corrected chi connectivity index (χ0v) is 12.9. The van der Waals surface area contributed by atoms with E-state index in [1.54, 1.807) is 24.3 Å². The fourth-order valence-corrected chi connectivity index (χ4v) is 2.53. The van der Waals surface area contributed by atoms with Crippen LogP contribution in [0.1, 0.15) is 0 Å². The van der Waals surface area contributed by atoms with Crippen molar-refractivity contribution in [2.24, 2.45) is 0 Å². The summed E-state index contributed by atoms with van der Waals surface area (Å²) in [5.74, 6) is -1.01. The van der Waals surface area contributed by atoms with Crippen LogP contribution in [0, 0.1) is 0 Å². The average Bonchev–Trinajstić information content (AvgIpc) is 2.51. The van der Waals surface area contributed by atoms with Crippen LogP contribution in [0.25, 0.3) is 10.9 Å². The Bertz CT molecular complexity index is 842. The number of rotatable bonds is 7. The molecule has 2 aromatic rings. The highest BCUT2D eigenvalue weighted by atomic mass is 32.2. The van der Waals surface area contributed by atoms with Crippen molar-refractivity contribution >= 4 is 34.5 Å². The molecule has 0 unspecified atom stereocenters. The normalized spacial score (nSPS) is 10.6. The number of amides is 1. The van der Waals surface area contributed by atoms with Crippen molar-refractivity contribution < 1.29 is 14.7 Å². The first-order valence-electron chi connectivity index (χ1n) is 6.77. The van der Waals surface area contributed by atoms with Crippen molar-refractivity contribution in [1.29, 1.82) is 0 Å². The summed E-state index contributed by atoms with van der Waals surface area (Å²) in [6.45, 7) is -0.125. The van der Waals surface area contributed by atoms with Gasteiger partial charge in [0.15, 0.2) is 0 Å². The van der Waals surface area contributed by atoms with Gasteiger partial charge >= 0.3 is 11.7 Å². The minimum atomic E-state index is -0.921. The summed E-state index contributed by atoms with van der Waals surface area (Å²) in [5, 5.41) is 11.4. The van der Waals surface area contributed by atoms with Gasteiger partial charge in [-0.2, -0.15) is 0 Å². The van der Waals surface area contributed by atoms with E-state index in [-0.39, 0.29) is 18.8 Å². The highest BCUT2D eigenvalue weighted by Gasteiger charge is 2.10. The molecule has 1 heterocycles. The number of nitrogens with zero attached hydrogens (tertiary/aromatic N) is 1. The number of hydrogen-bond donors (Lipinski definition) is 3. The number of hydrogen-bond acceptors (Lipinski definition) is 5. The van der Waals surface area contributed by atoms with Crippen molar-refractivity contribution in [3.63, 3.8) is 0 Å². The van der Waals surface area contributed by atoms with Gasteiger partial charge in [-0.1, -0.05) is 12.1 Å². The highest BCUT2D eigenvalue weighted by Crippen LogP contribution is 2.02. The molecule has 0 aliphatic heterocycles. The zero-order chi connectivity index (χ0) is 16.8. The highest BCUT2D eigenvalue weighted by molar-refractivity contribution is 7.99. The SMILES string of the molecule is O=C(O)CSCCNC(=O)Cn1c(=O)[nH]c2ccccc2c1=O. The first-order valence-corrected chi connectivity index (χ1v) is 7.92. The molecular formula is C14H15N3O5S. The molecule has 9 heteroatoms. The van der Waals surface area contributed by atoms with Crippen molar-refractivity contribution in [2.75, 3.05) is 18.1 Å². The maximum atomic E-state index is 12.2. The van der Waals surface area contributed by atoms with Gasteiger partial charge < -0.3 is 15.4 Å². The van der Waals surface area contributed by atoms with E-state index in [1.807, 2.05) is 0 Å².